The lowest BCUT2D eigenvalue weighted by molar-refractivity contribution is 0.102. The molecule has 1 aromatic carbocycles. The fourth-order valence-corrected chi connectivity index (χ4v) is 1.56. The number of anilines is 1. The first kappa shape index (κ1) is 12.0. The maximum Gasteiger partial charge on any atom is 0.257 e. The number of nitrogens with zero attached hydrogens (tertiary/aromatic N) is 2. The van der Waals surface area contributed by atoms with Crippen LogP contribution in [0.4, 0.5) is 5.69 Å². The van der Waals surface area contributed by atoms with E-state index in [2.05, 4.69) is 15.5 Å². The fourth-order valence-electron chi connectivity index (χ4n) is 1.56. The topological polar surface area (TPSA) is 75.1 Å². The number of rotatable bonds is 2. The quantitative estimate of drug-likeness (QED) is 0.846. The van der Waals surface area contributed by atoms with Crippen molar-refractivity contribution in [2.75, 3.05) is 5.32 Å². The third kappa shape index (κ3) is 2.63. The van der Waals surface area contributed by atoms with Crippen LogP contribution in [0, 0.1) is 13.8 Å². The average molecular weight is 243 g/mol. The Morgan fingerprint density at radius 3 is 2.72 bits per heavy atom. The van der Waals surface area contributed by atoms with Crippen LogP contribution in [0.15, 0.2) is 30.3 Å². The molecule has 0 unspecified atom stereocenters. The highest BCUT2D eigenvalue weighted by atomic mass is 16.3. The summed E-state index contributed by atoms with van der Waals surface area (Å²) in [5, 5.41) is 19.8. The Morgan fingerprint density at radius 1 is 1.22 bits per heavy atom. The van der Waals surface area contributed by atoms with Gasteiger partial charge in [0.05, 0.1) is 17.0 Å². The van der Waals surface area contributed by atoms with Crippen molar-refractivity contribution in [3.63, 3.8) is 0 Å². The average Bonchev–Trinajstić information content (AvgIpc) is 2.32. The molecule has 0 aliphatic rings. The summed E-state index contributed by atoms with van der Waals surface area (Å²) in [6.07, 6.45) is 0. The lowest BCUT2D eigenvalue weighted by Crippen LogP contribution is -2.15. The second-order valence-electron chi connectivity index (χ2n) is 3.99. The summed E-state index contributed by atoms with van der Waals surface area (Å²) >= 11 is 0. The van der Waals surface area contributed by atoms with Gasteiger partial charge in [-0.2, -0.15) is 10.2 Å². The van der Waals surface area contributed by atoms with Crippen LogP contribution in [0.5, 0.6) is 5.75 Å². The summed E-state index contributed by atoms with van der Waals surface area (Å²) in [5.74, 6) is -0.162. The minimum absolute atomic E-state index is 0.105. The summed E-state index contributed by atoms with van der Waals surface area (Å²) in [7, 11) is 0. The van der Waals surface area contributed by atoms with Crippen molar-refractivity contribution >= 4 is 11.6 Å². The van der Waals surface area contributed by atoms with Gasteiger partial charge in [0, 0.05) is 11.8 Å². The first-order valence-electron chi connectivity index (χ1n) is 5.47. The molecular formula is C13H13N3O2. The van der Waals surface area contributed by atoms with Gasteiger partial charge in [-0.1, -0.05) is 6.07 Å². The van der Waals surface area contributed by atoms with Crippen molar-refractivity contribution in [3.05, 3.63) is 47.3 Å². The molecule has 1 heterocycles. The molecule has 92 valence electrons. The van der Waals surface area contributed by atoms with E-state index in [1.54, 1.807) is 38.1 Å². The summed E-state index contributed by atoms with van der Waals surface area (Å²) in [5.41, 5.74) is 2.26. The van der Waals surface area contributed by atoms with E-state index in [-0.39, 0.29) is 11.7 Å². The zero-order valence-corrected chi connectivity index (χ0v) is 10.1. The number of carbonyl (C=O) groups is 1. The van der Waals surface area contributed by atoms with Crippen LogP contribution in [0.1, 0.15) is 21.7 Å². The molecule has 0 atom stereocenters. The number of hydrogen-bond donors (Lipinski definition) is 2. The molecule has 2 N–H and O–H groups in total. The number of hydrogen-bond acceptors (Lipinski definition) is 4. The third-order valence-electron chi connectivity index (χ3n) is 2.45. The van der Waals surface area contributed by atoms with E-state index in [0.29, 0.717) is 22.6 Å². The van der Waals surface area contributed by atoms with Gasteiger partial charge in [-0.05, 0) is 32.0 Å². The van der Waals surface area contributed by atoms with E-state index in [9.17, 15) is 9.90 Å². The number of aromatic hydroxyl groups is 1. The molecule has 0 spiro atoms. The van der Waals surface area contributed by atoms with Crippen LogP contribution in [0.25, 0.3) is 0 Å². The van der Waals surface area contributed by atoms with E-state index in [4.69, 9.17) is 0 Å². The lowest BCUT2D eigenvalue weighted by Gasteiger charge is -2.07. The number of carbonyl (C=O) groups excluding carboxylic acids is 1. The molecule has 5 nitrogen and oxygen atoms in total. The van der Waals surface area contributed by atoms with Crippen LogP contribution < -0.4 is 5.32 Å². The van der Waals surface area contributed by atoms with E-state index < -0.39 is 0 Å². The molecule has 0 saturated carbocycles. The Morgan fingerprint density at radius 2 is 2.00 bits per heavy atom. The number of benzene rings is 1. The molecule has 5 heteroatoms. The number of phenols is 1. The lowest BCUT2D eigenvalue weighted by atomic mass is 10.2. The SMILES string of the molecule is Cc1cc(C(=O)Nc2cccc(O)c2)c(C)nn1. The van der Waals surface area contributed by atoms with Gasteiger partial charge < -0.3 is 10.4 Å². The molecule has 1 amide bonds. The third-order valence-corrected chi connectivity index (χ3v) is 2.45. The molecule has 0 radical (unpaired) electrons. The van der Waals surface area contributed by atoms with Gasteiger partial charge >= 0.3 is 0 Å². The molecule has 0 aliphatic carbocycles. The Balaban J connectivity index is 2.24. The molecule has 0 aliphatic heterocycles. The van der Waals surface area contributed by atoms with Gasteiger partial charge in [0.1, 0.15) is 5.75 Å². The molecule has 0 bridgehead atoms. The van der Waals surface area contributed by atoms with Crippen molar-refractivity contribution in [2.24, 2.45) is 0 Å². The number of aryl methyl sites for hydroxylation is 2. The molecular weight excluding hydrogens is 230 g/mol. The highest BCUT2D eigenvalue weighted by Gasteiger charge is 2.11. The van der Waals surface area contributed by atoms with E-state index in [0.717, 1.165) is 0 Å². The van der Waals surface area contributed by atoms with Gasteiger partial charge in [0.15, 0.2) is 0 Å². The molecule has 2 rings (SSSR count). The Kier molecular flexibility index (Phi) is 3.23. The minimum atomic E-state index is -0.267. The maximum absolute atomic E-state index is 12.0. The predicted molar refractivity (Wildman–Crippen MR) is 67.6 cm³/mol. The van der Waals surface area contributed by atoms with Crippen molar-refractivity contribution in [1.29, 1.82) is 0 Å². The number of amides is 1. The summed E-state index contributed by atoms with van der Waals surface area (Å²) in [6.45, 7) is 3.50. The zero-order valence-electron chi connectivity index (χ0n) is 10.1. The van der Waals surface area contributed by atoms with Crippen LogP contribution in [0.2, 0.25) is 0 Å². The first-order chi connectivity index (χ1) is 8.56. The molecule has 1 aromatic heterocycles. The number of nitrogens with one attached hydrogen (secondary N) is 1. The maximum atomic E-state index is 12.0. The van der Waals surface area contributed by atoms with Gasteiger partial charge in [-0.15, -0.1) is 0 Å². The van der Waals surface area contributed by atoms with Crippen molar-refractivity contribution < 1.29 is 9.90 Å². The molecule has 0 fully saturated rings. The Hall–Kier alpha value is -2.43. The molecule has 18 heavy (non-hydrogen) atoms. The van der Waals surface area contributed by atoms with Gasteiger partial charge in [0.2, 0.25) is 0 Å². The Labute approximate surface area is 104 Å². The normalized spacial score (nSPS) is 10.1. The second-order valence-corrected chi connectivity index (χ2v) is 3.99. The largest absolute Gasteiger partial charge is 0.508 e. The van der Waals surface area contributed by atoms with E-state index >= 15 is 0 Å². The van der Waals surface area contributed by atoms with Gasteiger partial charge in [0.25, 0.3) is 5.91 Å². The van der Waals surface area contributed by atoms with E-state index in [1.807, 2.05) is 0 Å². The van der Waals surface area contributed by atoms with Crippen LogP contribution in [-0.2, 0) is 0 Å². The smallest absolute Gasteiger partial charge is 0.257 e. The number of aromatic nitrogens is 2. The standard InChI is InChI=1S/C13H13N3O2/c1-8-6-12(9(2)16-15-8)13(18)14-10-4-3-5-11(17)7-10/h3-7,17H,1-2H3,(H,14,18). The van der Waals surface area contributed by atoms with Crippen molar-refractivity contribution in [3.8, 4) is 5.75 Å². The summed E-state index contributed by atoms with van der Waals surface area (Å²) in [6, 6.07) is 8.07. The molecule has 2 aromatic rings. The van der Waals surface area contributed by atoms with Crippen LogP contribution in [-0.4, -0.2) is 21.2 Å². The van der Waals surface area contributed by atoms with Crippen molar-refractivity contribution in [1.82, 2.24) is 10.2 Å². The second kappa shape index (κ2) is 4.83. The highest BCUT2D eigenvalue weighted by molar-refractivity contribution is 6.05. The number of phenolic OH excluding ortho intramolecular Hbond substituents is 1. The van der Waals surface area contributed by atoms with Gasteiger partial charge in [-0.25, -0.2) is 0 Å². The summed E-state index contributed by atoms with van der Waals surface area (Å²) < 4.78 is 0. The minimum Gasteiger partial charge on any atom is -0.508 e. The van der Waals surface area contributed by atoms with Crippen LogP contribution in [0.3, 0.4) is 0 Å². The monoisotopic (exact) mass is 243 g/mol. The highest BCUT2D eigenvalue weighted by Crippen LogP contribution is 2.16. The van der Waals surface area contributed by atoms with Crippen LogP contribution >= 0.6 is 0 Å². The molecule has 0 saturated heterocycles. The Bertz CT molecular complexity index is 597. The summed E-state index contributed by atoms with van der Waals surface area (Å²) in [4.78, 5) is 12.0. The first-order valence-corrected chi connectivity index (χ1v) is 5.47. The fraction of sp³-hybridized carbons (Fsp3) is 0.154. The van der Waals surface area contributed by atoms with E-state index in [1.165, 1.54) is 6.07 Å². The predicted octanol–water partition coefficient (Wildman–Crippen LogP) is 2.05. The van der Waals surface area contributed by atoms with Crippen molar-refractivity contribution in [2.45, 2.75) is 13.8 Å². The zero-order chi connectivity index (χ0) is 13.1. The van der Waals surface area contributed by atoms with Gasteiger partial charge in [-0.3, -0.25) is 4.79 Å².